The Labute approximate surface area is 169 Å². The second-order valence-corrected chi connectivity index (χ2v) is 8.16. The van der Waals surface area contributed by atoms with Crippen LogP contribution in [0, 0.1) is 0 Å². The topological polar surface area (TPSA) is 44.9 Å². The number of anilines is 1. The van der Waals surface area contributed by atoms with Crippen molar-refractivity contribution in [2.75, 3.05) is 36.8 Å². The first kappa shape index (κ1) is 22.9. The lowest BCUT2D eigenvalue weighted by Crippen LogP contribution is -2.49. The zero-order valence-corrected chi connectivity index (χ0v) is 17.2. The van der Waals surface area contributed by atoms with Crippen molar-refractivity contribution in [2.45, 2.75) is 47.1 Å². The standard InChI is InChI=1S/C19H30N4S2.CH4/c1-4-15(3)22-10-12-23(13-11-22)17-8-6-16(7-9-17)14-18(24)21-19(20)25-5-2;/h6-9,15H,4-5,10-14H2,1-3H3,(H2,20,21,24);1H4. The lowest BCUT2D eigenvalue weighted by atomic mass is 10.1. The number of thiocarbonyl (C=S) groups is 1. The number of hydrogen-bond donors (Lipinski definition) is 1. The van der Waals surface area contributed by atoms with Crippen LogP contribution < -0.4 is 10.6 Å². The highest BCUT2D eigenvalue weighted by molar-refractivity contribution is 8.13. The molecule has 0 bridgehead atoms. The minimum absolute atomic E-state index is 0. The summed E-state index contributed by atoms with van der Waals surface area (Å²) in [6.45, 7) is 11.1. The van der Waals surface area contributed by atoms with E-state index in [-0.39, 0.29) is 7.43 Å². The van der Waals surface area contributed by atoms with Gasteiger partial charge in [0, 0.05) is 44.3 Å². The minimum Gasteiger partial charge on any atom is -0.378 e. The molecule has 0 aliphatic carbocycles. The average Bonchev–Trinajstić information content (AvgIpc) is 2.62. The maximum Gasteiger partial charge on any atom is 0.159 e. The SMILES string of the molecule is C.CCSC(N)=NC(=S)Cc1ccc(N2CCN(C(C)CC)CC2)cc1. The van der Waals surface area contributed by atoms with Gasteiger partial charge in [0.2, 0.25) is 0 Å². The molecule has 6 heteroatoms. The Kier molecular flexibility index (Phi) is 10.2. The van der Waals surface area contributed by atoms with Crippen molar-refractivity contribution in [2.24, 2.45) is 10.7 Å². The van der Waals surface area contributed by atoms with Crippen molar-refractivity contribution in [3.05, 3.63) is 29.8 Å². The molecule has 0 radical (unpaired) electrons. The molecule has 1 unspecified atom stereocenters. The number of thioether (sulfide) groups is 1. The van der Waals surface area contributed by atoms with Crippen molar-refractivity contribution in [3.63, 3.8) is 0 Å². The summed E-state index contributed by atoms with van der Waals surface area (Å²) in [5.74, 6) is 0.914. The summed E-state index contributed by atoms with van der Waals surface area (Å²) in [6, 6.07) is 9.39. The molecular formula is C20H34N4S2. The van der Waals surface area contributed by atoms with E-state index >= 15 is 0 Å². The molecule has 1 aliphatic heterocycles. The Morgan fingerprint density at radius 1 is 1.19 bits per heavy atom. The van der Waals surface area contributed by atoms with E-state index in [2.05, 4.69) is 59.8 Å². The molecular weight excluding hydrogens is 360 g/mol. The third-order valence-electron chi connectivity index (χ3n) is 4.71. The maximum absolute atomic E-state index is 5.82. The predicted octanol–water partition coefficient (Wildman–Crippen LogP) is 4.18. The van der Waals surface area contributed by atoms with Crippen molar-refractivity contribution >= 4 is 39.8 Å². The molecule has 0 saturated carbocycles. The Morgan fingerprint density at radius 3 is 2.35 bits per heavy atom. The van der Waals surface area contributed by atoms with Gasteiger partial charge in [0.05, 0.1) is 0 Å². The smallest absolute Gasteiger partial charge is 0.159 e. The summed E-state index contributed by atoms with van der Waals surface area (Å²) in [7, 11) is 0. The fourth-order valence-electron chi connectivity index (χ4n) is 3.02. The van der Waals surface area contributed by atoms with Crippen molar-refractivity contribution < 1.29 is 0 Å². The quantitative estimate of drug-likeness (QED) is 0.445. The summed E-state index contributed by atoms with van der Waals surface area (Å²) < 4.78 is 0. The molecule has 1 saturated heterocycles. The Balaban J connectivity index is 0.00000338. The third kappa shape index (κ3) is 6.89. The van der Waals surface area contributed by atoms with Gasteiger partial charge >= 0.3 is 0 Å². The lowest BCUT2D eigenvalue weighted by molar-refractivity contribution is 0.193. The molecule has 2 N–H and O–H groups in total. The van der Waals surface area contributed by atoms with Crippen molar-refractivity contribution in [1.82, 2.24) is 4.90 Å². The van der Waals surface area contributed by atoms with E-state index in [1.165, 1.54) is 29.4 Å². The van der Waals surface area contributed by atoms with Crippen molar-refractivity contribution in [3.8, 4) is 0 Å². The molecule has 0 spiro atoms. The molecule has 1 fully saturated rings. The van der Waals surface area contributed by atoms with Crippen LogP contribution in [0.2, 0.25) is 0 Å². The number of aliphatic imine (C=N–C) groups is 1. The first-order valence-electron chi connectivity index (χ1n) is 9.11. The van der Waals surface area contributed by atoms with Gasteiger partial charge < -0.3 is 10.6 Å². The Bertz CT molecular complexity index is 578. The van der Waals surface area contributed by atoms with Gasteiger partial charge in [-0.05, 0) is 36.8 Å². The molecule has 1 aliphatic rings. The third-order valence-corrected chi connectivity index (χ3v) is 5.62. The van der Waals surface area contributed by atoms with E-state index in [1.54, 1.807) is 0 Å². The molecule has 4 nitrogen and oxygen atoms in total. The van der Waals surface area contributed by atoms with Crippen LogP contribution in [0.25, 0.3) is 0 Å². The van der Waals surface area contributed by atoms with Gasteiger partial charge in [-0.1, -0.05) is 57.4 Å². The summed E-state index contributed by atoms with van der Waals surface area (Å²) in [5.41, 5.74) is 8.30. The molecule has 0 amide bonds. The largest absolute Gasteiger partial charge is 0.378 e. The zero-order valence-electron chi connectivity index (χ0n) is 15.6. The van der Waals surface area contributed by atoms with E-state index in [0.29, 0.717) is 22.6 Å². The number of benzene rings is 1. The highest BCUT2D eigenvalue weighted by atomic mass is 32.2. The van der Waals surface area contributed by atoms with Crippen LogP contribution in [-0.2, 0) is 6.42 Å². The predicted molar refractivity (Wildman–Crippen MR) is 123 cm³/mol. The molecule has 26 heavy (non-hydrogen) atoms. The van der Waals surface area contributed by atoms with Crippen LogP contribution in [0.15, 0.2) is 29.3 Å². The summed E-state index contributed by atoms with van der Waals surface area (Å²) >= 11 is 6.86. The zero-order chi connectivity index (χ0) is 18.2. The maximum atomic E-state index is 5.82. The van der Waals surface area contributed by atoms with Gasteiger partial charge in [-0.3, -0.25) is 4.90 Å². The van der Waals surface area contributed by atoms with Crippen LogP contribution in [0.5, 0.6) is 0 Å². The van der Waals surface area contributed by atoms with E-state index in [4.69, 9.17) is 18.0 Å². The molecule has 1 aromatic carbocycles. The number of hydrogen-bond acceptors (Lipinski definition) is 4. The van der Waals surface area contributed by atoms with Crippen LogP contribution in [0.1, 0.15) is 40.2 Å². The van der Waals surface area contributed by atoms with Crippen LogP contribution in [-0.4, -0.2) is 53.0 Å². The van der Waals surface area contributed by atoms with Crippen LogP contribution in [0.3, 0.4) is 0 Å². The van der Waals surface area contributed by atoms with Gasteiger partial charge in [-0.25, -0.2) is 4.99 Å². The Morgan fingerprint density at radius 2 is 1.81 bits per heavy atom. The second-order valence-electron chi connectivity index (χ2n) is 6.40. The molecule has 146 valence electrons. The highest BCUT2D eigenvalue weighted by Crippen LogP contribution is 2.19. The number of nitrogens with two attached hydrogens (primary N) is 1. The van der Waals surface area contributed by atoms with E-state index in [1.807, 2.05) is 0 Å². The fraction of sp³-hybridized carbons (Fsp3) is 0.600. The first-order chi connectivity index (χ1) is 12.0. The van der Waals surface area contributed by atoms with Gasteiger partial charge in [-0.15, -0.1) is 0 Å². The normalized spacial score (nSPS) is 16.9. The lowest BCUT2D eigenvalue weighted by Gasteiger charge is -2.39. The van der Waals surface area contributed by atoms with Gasteiger partial charge in [0.1, 0.15) is 4.99 Å². The summed E-state index contributed by atoms with van der Waals surface area (Å²) in [5, 5.41) is 0.559. The van der Waals surface area contributed by atoms with Crippen LogP contribution in [0.4, 0.5) is 5.69 Å². The Hall–Kier alpha value is -1.11. The van der Waals surface area contributed by atoms with Crippen molar-refractivity contribution in [1.29, 1.82) is 0 Å². The molecule has 1 aromatic rings. The number of amidine groups is 1. The minimum atomic E-state index is 0. The fourth-order valence-corrected chi connectivity index (χ4v) is 3.81. The summed E-state index contributed by atoms with van der Waals surface area (Å²) in [4.78, 5) is 9.98. The first-order valence-corrected chi connectivity index (χ1v) is 10.5. The van der Waals surface area contributed by atoms with Gasteiger partial charge in [0.15, 0.2) is 5.17 Å². The van der Waals surface area contributed by atoms with E-state index < -0.39 is 0 Å². The monoisotopic (exact) mass is 394 g/mol. The number of piperazine rings is 1. The number of nitrogens with zero attached hydrogens (tertiary/aromatic N) is 3. The van der Waals surface area contributed by atoms with Crippen LogP contribution >= 0.6 is 24.0 Å². The highest BCUT2D eigenvalue weighted by Gasteiger charge is 2.20. The summed E-state index contributed by atoms with van der Waals surface area (Å²) in [6.07, 6.45) is 1.89. The molecule has 2 rings (SSSR count). The van der Waals surface area contributed by atoms with E-state index in [0.717, 1.165) is 31.9 Å². The molecule has 1 atom stereocenters. The van der Waals surface area contributed by atoms with E-state index in [9.17, 15) is 0 Å². The second kappa shape index (κ2) is 11.6. The molecule has 0 aromatic heterocycles. The molecule has 1 heterocycles. The average molecular weight is 395 g/mol. The number of rotatable bonds is 6. The van der Waals surface area contributed by atoms with Gasteiger partial charge in [0.25, 0.3) is 0 Å². The van der Waals surface area contributed by atoms with Gasteiger partial charge in [-0.2, -0.15) is 0 Å².